The van der Waals surface area contributed by atoms with E-state index >= 15 is 0 Å². The highest BCUT2D eigenvalue weighted by Crippen LogP contribution is 2.19. The van der Waals surface area contributed by atoms with Crippen LogP contribution in [0.2, 0.25) is 0 Å². The molecule has 0 saturated heterocycles. The predicted octanol–water partition coefficient (Wildman–Crippen LogP) is 15.9. The lowest BCUT2D eigenvalue weighted by molar-refractivity contribution is -0.716. The normalized spacial score (nSPS) is 11.7. The number of pyridine rings is 1. The van der Waals surface area contributed by atoms with Crippen LogP contribution in [0.15, 0.2) is 18.5 Å². The van der Waals surface area contributed by atoms with E-state index in [0.29, 0.717) is 6.04 Å². The van der Waals surface area contributed by atoms with Crippen LogP contribution in [0.5, 0.6) is 0 Å². The van der Waals surface area contributed by atoms with Crippen LogP contribution in [-0.2, 0) is 12.8 Å². The largest absolute Gasteiger partial charge is 0.203 e. The molecule has 1 rings (SSSR count). The van der Waals surface area contributed by atoms with Gasteiger partial charge in [-0.15, -0.1) is 0 Å². The van der Waals surface area contributed by atoms with E-state index in [1.165, 1.54) is 231 Å². The lowest BCUT2D eigenvalue weighted by Gasteiger charge is -2.10. The summed E-state index contributed by atoms with van der Waals surface area (Å²) in [5.74, 6) is 0. The first-order valence-electron chi connectivity index (χ1n) is 22.2. The Hall–Kier alpha value is -0.850. The van der Waals surface area contributed by atoms with Gasteiger partial charge in [-0.3, -0.25) is 0 Å². The van der Waals surface area contributed by atoms with Crippen molar-refractivity contribution < 1.29 is 4.57 Å². The summed E-state index contributed by atoms with van der Waals surface area (Å²) in [4.78, 5) is 0. The Morgan fingerprint density at radius 2 is 0.617 bits per heavy atom. The Bertz CT molecular complexity index is 751. The van der Waals surface area contributed by atoms with E-state index in [-0.39, 0.29) is 0 Å². The molecule has 0 bridgehead atoms. The zero-order valence-electron chi connectivity index (χ0n) is 33.2. The molecule has 0 N–H and O–H groups in total. The van der Waals surface area contributed by atoms with Gasteiger partial charge in [-0.25, -0.2) is 4.57 Å². The topological polar surface area (TPSA) is 3.88 Å². The molecule has 0 aliphatic heterocycles. The molecule has 276 valence electrons. The Morgan fingerprint density at radius 1 is 0.362 bits per heavy atom. The zero-order valence-corrected chi connectivity index (χ0v) is 33.2. The summed E-state index contributed by atoms with van der Waals surface area (Å²) in [7, 11) is 0. The third-order valence-electron chi connectivity index (χ3n) is 10.9. The van der Waals surface area contributed by atoms with Gasteiger partial charge in [-0.05, 0) is 45.1 Å². The maximum absolute atomic E-state index is 2.49. The van der Waals surface area contributed by atoms with Crippen LogP contribution in [-0.4, -0.2) is 0 Å². The fourth-order valence-corrected chi connectivity index (χ4v) is 7.46. The molecule has 47 heavy (non-hydrogen) atoms. The van der Waals surface area contributed by atoms with Gasteiger partial charge in [0.1, 0.15) is 0 Å². The van der Waals surface area contributed by atoms with E-state index in [1.807, 2.05) is 0 Å². The molecular formula is C46H88N+. The summed E-state index contributed by atoms with van der Waals surface area (Å²) in [5, 5.41) is 0. The van der Waals surface area contributed by atoms with Gasteiger partial charge in [0, 0.05) is 11.6 Å². The molecule has 0 radical (unpaired) electrons. The molecule has 0 aliphatic carbocycles. The maximum atomic E-state index is 2.49. The monoisotopic (exact) mass is 655 g/mol. The van der Waals surface area contributed by atoms with Crippen molar-refractivity contribution in [3.05, 3.63) is 29.6 Å². The van der Waals surface area contributed by atoms with Crippen molar-refractivity contribution in [2.75, 3.05) is 0 Å². The summed E-state index contributed by atoms with van der Waals surface area (Å²) in [6.45, 7) is 9.25. The van der Waals surface area contributed by atoms with E-state index in [2.05, 4.69) is 50.7 Å². The second-order valence-corrected chi connectivity index (χ2v) is 15.8. The molecule has 0 aromatic carbocycles. The average Bonchev–Trinajstić information content (AvgIpc) is 3.07. The van der Waals surface area contributed by atoms with Crippen LogP contribution in [0.1, 0.15) is 263 Å². The first kappa shape index (κ1) is 44.2. The molecule has 0 spiro atoms. The molecule has 1 nitrogen and oxygen atoms in total. The SMILES string of the molecule is CCCCCCCCCCCCCCCCCCCc1cc[n+](C(C)C)cc1CCCCCCCCCCCCCCCCCCC. The highest BCUT2D eigenvalue weighted by atomic mass is 15.0. The molecule has 1 heterocycles. The summed E-state index contributed by atoms with van der Waals surface area (Å²) in [6.07, 6.45) is 56.7. The van der Waals surface area contributed by atoms with Gasteiger partial charge in [0.2, 0.25) is 0 Å². The molecule has 0 amide bonds. The molecule has 1 aromatic heterocycles. The lowest BCUT2D eigenvalue weighted by Crippen LogP contribution is -2.36. The number of aryl methyl sites for hydroxylation is 2. The highest BCUT2D eigenvalue weighted by molar-refractivity contribution is 5.21. The minimum atomic E-state index is 0.554. The quantitative estimate of drug-likeness (QED) is 0.0496. The van der Waals surface area contributed by atoms with Crippen molar-refractivity contribution in [2.45, 2.75) is 265 Å². The highest BCUT2D eigenvalue weighted by Gasteiger charge is 2.12. The Balaban J connectivity index is 2.03. The summed E-state index contributed by atoms with van der Waals surface area (Å²) < 4.78 is 2.43. The molecule has 1 aromatic rings. The second-order valence-electron chi connectivity index (χ2n) is 15.8. The maximum Gasteiger partial charge on any atom is 0.172 e. The van der Waals surface area contributed by atoms with Crippen molar-refractivity contribution >= 4 is 0 Å². The smallest absolute Gasteiger partial charge is 0.172 e. The number of hydrogen-bond donors (Lipinski definition) is 0. The van der Waals surface area contributed by atoms with Gasteiger partial charge in [0.25, 0.3) is 0 Å². The van der Waals surface area contributed by atoms with Crippen LogP contribution in [0.3, 0.4) is 0 Å². The Labute approximate surface area is 298 Å². The minimum Gasteiger partial charge on any atom is -0.203 e. The fraction of sp³-hybridized carbons (Fsp3) is 0.891. The molecule has 0 fully saturated rings. The Morgan fingerprint density at radius 3 is 0.894 bits per heavy atom. The van der Waals surface area contributed by atoms with Crippen LogP contribution < -0.4 is 4.57 Å². The number of nitrogens with zero attached hydrogens (tertiary/aromatic N) is 1. The summed E-state index contributed by atoms with van der Waals surface area (Å²) in [5.41, 5.74) is 3.28. The van der Waals surface area contributed by atoms with Crippen molar-refractivity contribution in [1.82, 2.24) is 0 Å². The van der Waals surface area contributed by atoms with E-state index in [4.69, 9.17) is 0 Å². The average molecular weight is 655 g/mol. The fourth-order valence-electron chi connectivity index (χ4n) is 7.46. The standard InChI is InChI=1S/C46H88N/c1-5-7-9-11-13-15-17-19-21-23-25-27-29-31-33-35-37-39-45-41-42-47(44(3)4)43-46(45)40-38-36-34-32-30-28-26-24-22-20-18-16-14-12-10-8-6-2/h41-44H,5-40H2,1-4H3/q+1. The minimum absolute atomic E-state index is 0.554. The number of rotatable bonds is 37. The third-order valence-corrected chi connectivity index (χ3v) is 10.9. The molecule has 1 heteroatoms. The summed E-state index contributed by atoms with van der Waals surface area (Å²) >= 11 is 0. The van der Waals surface area contributed by atoms with Gasteiger partial charge in [-0.1, -0.05) is 219 Å². The van der Waals surface area contributed by atoms with Gasteiger partial charge < -0.3 is 0 Å². The van der Waals surface area contributed by atoms with E-state index in [1.54, 1.807) is 11.1 Å². The van der Waals surface area contributed by atoms with Crippen LogP contribution in [0.4, 0.5) is 0 Å². The van der Waals surface area contributed by atoms with E-state index in [9.17, 15) is 0 Å². The first-order chi connectivity index (χ1) is 23.2. The van der Waals surface area contributed by atoms with Gasteiger partial charge >= 0.3 is 0 Å². The third kappa shape index (κ3) is 28.7. The van der Waals surface area contributed by atoms with Crippen molar-refractivity contribution in [3.63, 3.8) is 0 Å². The van der Waals surface area contributed by atoms with Gasteiger partial charge in [0.15, 0.2) is 18.4 Å². The van der Waals surface area contributed by atoms with Crippen LogP contribution >= 0.6 is 0 Å². The molecule has 0 unspecified atom stereocenters. The van der Waals surface area contributed by atoms with Crippen LogP contribution in [0.25, 0.3) is 0 Å². The molecule has 0 atom stereocenters. The van der Waals surface area contributed by atoms with Crippen molar-refractivity contribution in [2.24, 2.45) is 0 Å². The lowest BCUT2D eigenvalue weighted by atomic mass is 9.97. The van der Waals surface area contributed by atoms with Crippen molar-refractivity contribution in [3.8, 4) is 0 Å². The molecule has 0 saturated carbocycles. The number of aromatic nitrogens is 1. The molecular weight excluding hydrogens is 567 g/mol. The zero-order chi connectivity index (χ0) is 33.9. The van der Waals surface area contributed by atoms with E-state index in [0.717, 1.165) is 0 Å². The molecule has 0 aliphatic rings. The number of unbranched alkanes of at least 4 members (excludes halogenated alkanes) is 32. The second kappa shape index (κ2) is 35.0. The Kier molecular flexibility index (Phi) is 32.9. The van der Waals surface area contributed by atoms with Gasteiger partial charge in [-0.2, -0.15) is 0 Å². The van der Waals surface area contributed by atoms with Crippen molar-refractivity contribution in [1.29, 1.82) is 0 Å². The number of hydrogen-bond acceptors (Lipinski definition) is 0. The first-order valence-corrected chi connectivity index (χ1v) is 22.2. The summed E-state index contributed by atoms with van der Waals surface area (Å²) in [6, 6.07) is 3.01. The van der Waals surface area contributed by atoms with E-state index < -0.39 is 0 Å². The van der Waals surface area contributed by atoms with Crippen LogP contribution in [0, 0.1) is 0 Å². The van der Waals surface area contributed by atoms with Gasteiger partial charge in [0.05, 0.1) is 0 Å². The predicted molar refractivity (Wildman–Crippen MR) is 213 cm³/mol.